The highest BCUT2D eigenvalue weighted by atomic mass is 32.2. The molecule has 21 heavy (non-hydrogen) atoms. The molecule has 1 aromatic heterocycles. The van der Waals surface area contributed by atoms with Gasteiger partial charge in [-0.05, 0) is 13.0 Å². The zero-order chi connectivity index (χ0) is 15.5. The van der Waals surface area contributed by atoms with Gasteiger partial charge >= 0.3 is 0 Å². The molecule has 120 valence electrons. The first-order valence-electron chi connectivity index (χ1n) is 6.95. The Morgan fingerprint density at radius 1 is 1.33 bits per heavy atom. The Bertz CT molecular complexity index is 552. The molecule has 1 aromatic rings. The second-order valence-corrected chi connectivity index (χ2v) is 6.99. The summed E-state index contributed by atoms with van der Waals surface area (Å²) in [5.41, 5.74) is 5.70. The Balaban J connectivity index is 2.11. The molecule has 1 aliphatic rings. The van der Waals surface area contributed by atoms with Crippen LogP contribution in [0, 0.1) is 0 Å². The molecule has 8 nitrogen and oxygen atoms in total. The normalized spacial score (nSPS) is 18.8. The third-order valence-corrected chi connectivity index (χ3v) is 5.68. The maximum Gasteiger partial charge on any atom is 0.262 e. The van der Waals surface area contributed by atoms with Gasteiger partial charge in [0.2, 0.25) is 0 Å². The van der Waals surface area contributed by atoms with Crippen molar-refractivity contribution in [1.29, 1.82) is 0 Å². The molecule has 0 aromatic carbocycles. The lowest BCUT2D eigenvalue weighted by atomic mass is 10.4. The SMILES string of the molecule is COCCN1CCCN(S(=O)(=O)c2c(N)ncn2C)CC1. The van der Waals surface area contributed by atoms with E-state index in [9.17, 15) is 8.42 Å². The van der Waals surface area contributed by atoms with Crippen LogP contribution in [-0.4, -0.2) is 73.6 Å². The summed E-state index contributed by atoms with van der Waals surface area (Å²) >= 11 is 0. The average molecular weight is 317 g/mol. The van der Waals surface area contributed by atoms with Crippen molar-refractivity contribution < 1.29 is 13.2 Å². The number of nitrogens with two attached hydrogens (primary N) is 1. The largest absolute Gasteiger partial charge is 0.383 e. The third-order valence-electron chi connectivity index (χ3n) is 3.65. The molecule has 1 aliphatic heterocycles. The minimum atomic E-state index is -3.60. The predicted octanol–water partition coefficient (Wildman–Crippen LogP) is -0.655. The van der Waals surface area contributed by atoms with Gasteiger partial charge in [0.15, 0.2) is 10.8 Å². The molecule has 0 saturated carbocycles. The number of hydrogen-bond donors (Lipinski definition) is 1. The summed E-state index contributed by atoms with van der Waals surface area (Å²) < 4.78 is 33.4. The van der Waals surface area contributed by atoms with Crippen molar-refractivity contribution in [3.63, 3.8) is 0 Å². The fourth-order valence-electron chi connectivity index (χ4n) is 2.51. The molecule has 0 atom stereocenters. The second kappa shape index (κ2) is 6.73. The molecule has 0 bridgehead atoms. The minimum absolute atomic E-state index is 0.0537. The molecule has 2 heterocycles. The number of ether oxygens (including phenoxy) is 1. The number of imidazole rings is 1. The van der Waals surface area contributed by atoms with E-state index in [4.69, 9.17) is 10.5 Å². The van der Waals surface area contributed by atoms with Crippen LogP contribution in [0.1, 0.15) is 6.42 Å². The van der Waals surface area contributed by atoms with E-state index < -0.39 is 10.0 Å². The molecular weight excluding hydrogens is 294 g/mol. The van der Waals surface area contributed by atoms with Crippen LogP contribution in [0.4, 0.5) is 5.82 Å². The van der Waals surface area contributed by atoms with Gasteiger partial charge in [-0.2, -0.15) is 4.31 Å². The van der Waals surface area contributed by atoms with Crippen LogP contribution in [0.3, 0.4) is 0 Å². The van der Waals surface area contributed by atoms with Crippen molar-refractivity contribution in [2.75, 3.05) is 52.2 Å². The molecule has 0 spiro atoms. The number of rotatable bonds is 5. The lowest BCUT2D eigenvalue weighted by Crippen LogP contribution is -2.37. The van der Waals surface area contributed by atoms with Crippen molar-refractivity contribution in [3.8, 4) is 0 Å². The van der Waals surface area contributed by atoms with Crippen molar-refractivity contribution in [2.24, 2.45) is 7.05 Å². The van der Waals surface area contributed by atoms with E-state index in [0.29, 0.717) is 26.2 Å². The van der Waals surface area contributed by atoms with Crippen molar-refractivity contribution >= 4 is 15.8 Å². The van der Waals surface area contributed by atoms with Gasteiger partial charge in [0.25, 0.3) is 10.0 Å². The topological polar surface area (TPSA) is 93.7 Å². The average Bonchev–Trinajstić information content (AvgIpc) is 2.66. The smallest absolute Gasteiger partial charge is 0.262 e. The zero-order valence-electron chi connectivity index (χ0n) is 12.5. The number of methoxy groups -OCH3 is 1. The van der Waals surface area contributed by atoms with Crippen LogP contribution in [0.25, 0.3) is 0 Å². The summed E-state index contributed by atoms with van der Waals surface area (Å²) in [4.78, 5) is 6.08. The Kier molecular flexibility index (Phi) is 5.20. The van der Waals surface area contributed by atoms with E-state index in [1.807, 2.05) is 0 Å². The number of aryl methyl sites for hydroxylation is 1. The van der Waals surface area contributed by atoms with Gasteiger partial charge in [0, 0.05) is 40.3 Å². The number of aromatic nitrogens is 2. The molecule has 0 radical (unpaired) electrons. The third kappa shape index (κ3) is 3.54. The summed E-state index contributed by atoms with van der Waals surface area (Å²) in [7, 11) is -0.292. The molecule has 0 amide bonds. The molecular formula is C12H23N5O3S. The number of nitrogen functional groups attached to an aromatic ring is 1. The Morgan fingerprint density at radius 2 is 2.10 bits per heavy atom. The van der Waals surface area contributed by atoms with Gasteiger partial charge in [0.1, 0.15) is 0 Å². The van der Waals surface area contributed by atoms with E-state index in [1.54, 1.807) is 14.2 Å². The van der Waals surface area contributed by atoms with Gasteiger partial charge < -0.3 is 15.0 Å². The van der Waals surface area contributed by atoms with E-state index in [1.165, 1.54) is 15.2 Å². The van der Waals surface area contributed by atoms with Gasteiger partial charge in [-0.25, -0.2) is 13.4 Å². The summed E-state index contributed by atoms with van der Waals surface area (Å²) in [6, 6.07) is 0. The Morgan fingerprint density at radius 3 is 2.71 bits per heavy atom. The predicted molar refractivity (Wildman–Crippen MR) is 79.3 cm³/mol. The molecule has 2 rings (SSSR count). The first-order valence-corrected chi connectivity index (χ1v) is 8.39. The number of anilines is 1. The summed E-state index contributed by atoms with van der Waals surface area (Å²) in [6.45, 7) is 3.99. The van der Waals surface area contributed by atoms with E-state index in [0.717, 1.165) is 19.5 Å². The fourth-order valence-corrected chi connectivity index (χ4v) is 4.17. The molecule has 1 fully saturated rings. The lowest BCUT2D eigenvalue weighted by molar-refractivity contribution is 0.151. The van der Waals surface area contributed by atoms with Crippen LogP contribution in [0.5, 0.6) is 0 Å². The van der Waals surface area contributed by atoms with Gasteiger partial charge in [-0.1, -0.05) is 0 Å². The number of hydrogen-bond acceptors (Lipinski definition) is 6. The Labute approximate surface area is 125 Å². The van der Waals surface area contributed by atoms with E-state index in [2.05, 4.69) is 9.88 Å². The van der Waals surface area contributed by atoms with Crippen molar-refractivity contribution in [3.05, 3.63) is 6.33 Å². The van der Waals surface area contributed by atoms with Crippen LogP contribution < -0.4 is 5.73 Å². The van der Waals surface area contributed by atoms with Crippen LogP contribution in [0.2, 0.25) is 0 Å². The van der Waals surface area contributed by atoms with Gasteiger partial charge in [-0.3, -0.25) is 4.90 Å². The summed E-state index contributed by atoms with van der Waals surface area (Å²) in [5, 5.41) is 0.0767. The fraction of sp³-hybridized carbons (Fsp3) is 0.750. The van der Waals surface area contributed by atoms with Crippen LogP contribution >= 0.6 is 0 Å². The molecule has 2 N–H and O–H groups in total. The molecule has 1 saturated heterocycles. The van der Waals surface area contributed by atoms with Crippen molar-refractivity contribution in [1.82, 2.24) is 18.8 Å². The van der Waals surface area contributed by atoms with Gasteiger partial charge in [-0.15, -0.1) is 0 Å². The van der Waals surface area contributed by atoms with E-state index in [-0.39, 0.29) is 10.8 Å². The Hall–Kier alpha value is -1.16. The maximum atomic E-state index is 12.7. The standard InChI is InChI=1S/C12H23N5O3S/c1-15-10-14-11(13)12(15)21(18,19)17-5-3-4-16(6-7-17)8-9-20-2/h10H,3-9,13H2,1-2H3. The number of sulfonamides is 1. The van der Waals surface area contributed by atoms with E-state index >= 15 is 0 Å². The lowest BCUT2D eigenvalue weighted by Gasteiger charge is -2.21. The molecule has 9 heteroatoms. The first kappa shape index (κ1) is 16.2. The highest BCUT2D eigenvalue weighted by Gasteiger charge is 2.31. The summed E-state index contributed by atoms with van der Waals surface area (Å²) in [5.74, 6) is 0.0537. The van der Waals surface area contributed by atoms with Crippen LogP contribution in [-0.2, 0) is 21.8 Å². The van der Waals surface area contributed by atoms with Gasteiger partial charge in [0.05, 0.1) is 12.9 Å². The molecule has 0 unspecified atom stereocenters. The highest BCUT2D eigenvalue weighted by molar-refractivity contribution is 7.89. The highest BCUT2D eigenvalue weighted by Crippen LogP contribution is 2.21. The first-order chi connectivity index (χ1) is 9.96. The minimum Gasteiger partial charge on any atom is -0.383 e. The molecule has 0 aliphatic carbocycles. The number of nitrogens with zero attached hydrogens (tertiary/aromatic N) is 4. The van der Waals surface area contributed by atoms with Crippen LogP contribution in [0.15, 0.2) is 11.4 Å². The van der Waals surface area contributed by atoms with Crippen molar-refractivity contribution in [2.45, 2.75) is 11.4 Å². The zero-order valence-corrected chi connectivity index (χ0v) is 13.3. The quantitative estimate of drug-likeness (QED) is 0.775. The summed E-state index contributed by atoms with van der Waals surface area (Å²) in [6.07, 6.45) is 2.21. The monoisotopic (exact) mass is 317 g/mol. The second-order valence-electron chi connectivity index (χ2n) is 5.14. The maximum absolute atomic E-state index is 12.7.